The highest BCUT2D eigenvalue weighted by atomic mass is 32.2. The van der Waals surface area contributed by atoms with Gasteiger partial charge >= 0.3 is 5.97 Å². The van der Waals surface area contributed by atoms with Crippen LogP contribution >= 0.6 is 0 Å². The van der Waals surface area contributed by atoms with Gasteiger partial charge in [0.1, 0.15) is 0 Å². The number of nitrogens with zero attached hydrogens (tertiary/aromatic N) is 2. The normalized spacial score (nSPS) is 11.6. The molecular formula is C19H21N3O5S. The molecule has 2 rings (SSSR count). The van der Waals surface area contributed by atoms with Crippen molar-refractivity contribution in [1.82, 2.24) is 9.73 Å². The number of nitrogens with one attached hydrogen (secondary N) is 1. The standard InChI is InChI=1S/C19H21N3O5S/c1-28(26,27)22(12-11-15-5-3-2-4-6-15)14-18(23)21-20-13-16-7-9-17(10-8-16)19(24)25/h2-10,13H,11-12,14H2,1H3,(H,21,23)(H,24,25). The Morgan fingerprint density at radius 2 is 1.75 bits per heavy atom. The first kappa shape index (κ1) is 21.3. The molecule has 0 radical (unpaired) electrons. The summed E-state index contributed by atoms with van der Waals surface area (Å²) in [6, 6.07) is 15.3. The van der Waals surface area contributed by atoms with E-state index < -0.39 is 21.9 Å². The largest absolute Gasteiger partial charge is 0.478 e. The Kier molecular flexibility index (Phi) is 7.42. The van der Waals surface area contributed by atoms with Crippen LogP contribution in [0.2, 0.25) is 0 Å². The van der Waals surface area contributed by atoms with E-state index in [2.05, 4.69) is 10.5 Å². The second-order valence-corrected chi connectivity index (χ2v) is 8.03. The fraction of sp³-hybridized carbons (Fsp3) is 0.211. The van der Waals surface area contributed by atoms with Gasteiger partial charge in [-0.1, -0.05) is 42.5 Å². The SMILES string of the molecule is CS(=O)(=O)N(CCc1ccccc1)CC(=O)NN=Cc1ccc(C(=O)O)cc1. The Bertz CT molecular complexity index is 941. The number of sulfonamides is 1. The van der Waals surface area contributed by atoms with Crippen LogP contribution in [0.1, 0.15) is 21.5 Å². The topological polar surface area (TPSA) is 116 Å². The highest BCUT2D eigenvalue weighted by Crippen LogP contribution is 2.05. The molecule has 0 aliphatic rings. The Hall–Kier alpha value is -3.04. The fourth-order valence-electron chi connectivity index (χ4n) is 2.35. The fourth-order valence-corrected chi connectivity index (χ4v) is 3.12. The lowest BCUT2D eigenvalue weighted by Gasteiger charge is -2.18. The monoisotopic (exact) mass is 403 g/mol. The summed E-state index contributed by atoms with van der Waals surface area (Å²) in [5, 5.41) is 12.6. The number of carboxylic acid groups (broad SMARTS) is 1. The third-order valence-electron chi connectivity index (χ3n) is 3.84. The van der Waals surface area contributed by atoms with Crippen LogP contribution in [0.4, 0.5) is 0 Å². The maximum Gasteiger partial charge on any atom is 0.335 e. The summed E-state index contributed by atoms with van der Waals surface area (Å²) in [6.45, 7) is -0.169. The van der Waals surface area contributed by atoms with Crippen LogP contribution in [0.15, 0.2) is 59.7 Å². The third kappa shape index (κ3) is 6.93. The van der Waals surface area contributed by atoms with E-state index in [1.807, 2.05) is 30.3 Å². The van der Waals surface area contributed by atoms with Crippen LogP contribution in [-0.4, -0.2) is 55.3 Å². The number of carboxylic acids is 1. The van der Waals surface area contributed by atoms with Crippen molar-refractivity contribution in [1.29, 1.82) is 0 Å². The molecule has 0 aliphatic carbocycles. The molecule has 8 nitrogen and oxygen atoms in total. The summed E-state index contributed by atoms with van der Waals surface area (Å²) >= 11 is 0. The molecule has 28 heavy (non-hydrogen) atoms. The van der Waals surface area contributed by atoms with E-state index in [1.54, 1.807) is 12.1 Å². The molecule has 2 N–H and O–H groups in total. The van der Waals surface area contributed by atoms with Gasteiger partial charge in [-0.15, -0.1) is 0 Å². The Labute approximate surface area is 163 Å². The zero-order chi connectivity index (χ0) is 20.6. The molecule has 0 fully saturated rings. The van der Waals surface area contributed by atoms with Crippen molar-refractivity contribution < 1.29 is 23.1 Å². The summed E-state index contributed by atoms with van der Waals surface area (Å²) in [4.78, 5) is 22.8. The van der Waals surface area contributed by atoms with E-state index in [0.717, 1.165) is 16.1 Å². The molecule has 0 aromatic heterocycles. The highest BCUT2D eigenvalue weighted by molar-refractivity contribution is 7.88. The van der Waals surface area contributed by atoms with E-state index in [4.69, 9.17) is 5.11 Å². The predicted molar refractivity (Wildman–Crippen MR) is 106 cm³/mol. The summed E-state index contributed by atoms with van der Waals surface area (Å²) in [5.41, 5.74) is 3.98. The number of hydrogen-bond acceptors (Lipinski definition) is 5. The first-order valence-electron chi connectivity index (χ1n) is 8.40. The molecule has 2 aromatic carbocycles. The van der Waals surface area contributed by atoms with Gasteiger partial charge in [0.05, 0.1) is 24.6 Å². The van der Waals surface area contributed by atoms with Crippen molar-refractivity contribution in [3.05, 3.63) is 71.3 Å². The number of benzene rings is 2. The van der Waals surface area contributed by atoms with Crippen LogP contribution in [-0.2, 0) is 21.2 Å². The maximum absolute atomic E-state index is 12.0. The number of rotatable bonds is 9. The van der Waals surface area contributed by atoms with Gasteiger partial charge in [0.15, 0.2) is 0 Å². The van der Waals surface area contributed by atoms with Crippen molar-refractivity contribution >= 4 is 28.1 Å². The molecule has 0 aliphatic heterocycles. The molecule has 0 unspecified atom stereocenters. The minimum absolute atomic E-state index is 0.142. The lowest BCUT2D eigenvalue weighted by molar-refractivity contribution is -0.121. The highest BCUT2D eigenvalue weighted by Gasteiger charge is 2.19. The average Bonchev–Trinajstić information content (AvgIpc) is 2.65. The van der Waals surface area contributed by atoms with E-state index in [9.17, 15) is 18.0 Å². The van der Waals surface area contributed by atoms with Gasteiger partial charge in [-0.05, 0) is 29.7 Å². The number of hydrazone groups is 1. The van der Waals surface area contributed by atoms with E-state index in [0.29, 0.717) is 12.0 Å². The molecule has 2 aromatic rings. The Balaban J connectivity index is 1.91. The van der Waals surface area contributed by atoms with Gasteiger partial charge in [-0.2, -0.15) is 9.41 Å². The Morgan fingerprint density at radius 1 is 1.11 bits per heavy atom. The van der Waals surface area contributed by atoms with Crippen molar-refractivity contribution in [2.75, 3.05) is 19.3 Å². The van der Waals surface area contributed by atoms with Crippen molar-refractivity contribution in [3.8, 4) is 0 Å². The molecule has 0 heterocycles. The molecule has 0 saturated heterocycles. The first-order chi connectivity index (χ1) is 13.3. The zero-order valence-corrected chi connectivity index (χ0v) is 16.1. The van der Waals surface area contributed by atoms with Crippen LogP contribution in [0.25, 0.3) is 0 Å². The molecule has 148 valence electrons. The van der Waals surface area contributed by atoms with Crippen molar-refractivity contribution in [3.63, 3.8) is 0 Å². The van der Waals surface area contributed by atoms with E-state index >= 15 is 0 Å². The van der Waals surface area contributed by atoms with Gasteiger partial charge < -0.3 is 5.11 Å². The summed E-state index contributed by atoms with van der Waals surface area (Å²) in [7, 11) is -3.56. The minimum Gasteiger partial charge on any atom is -0.478 e. The van der Waals surface area contributed by atoms with Crippen LogP contribution < -0.4 is 5.43 Å². The lowest BCUT2D eigenvalue weighted by Crippen LogP contribution is -2.40. The number of carbonyl (C=O) groups excluding carboxylic acids is 1. The van der Waals surface area contributed by atoms with Crippen LogP contribution in [0.5, 0.6) is 0 Å². The third-order valence-corrected chi connectivity index (χ3v) is 5.09. The number of carbonyl (C=O) groups is 2. The summed E-state index contributed by atoms with van der Waals surface area (Å²) in [5.74, 6) is -1.61. The molecule has 0 atom stereocenters. The minimum atomic E-state index is -3.56. The quantitative estimate of drug-likeness (QED) is 0.484. The lowest BCUT2D eigenvalue weighted by atomic mass is 10.1. The van der Waals surface area contributed by atoms with Crippen molar-refractivity contribution in [2.24, 2.45) is 5.10 Å². The second-order valence-electron chi connectivity index (χ2n) is 6.05. The summed E-state index contributed by atoms with van der Waals surface area (Å²) in [6.07, 6.45) is 2.89. The van der Waals surface area contributed by atoms with Crippen LogP contribution in [0, 0.1) is 0 Å². The molecule has 0 spiro atoms. The molecule has 0 bridgehead atoms. The van der Waals surface area contributed by atoms with E-state index in [-0.39, 0.29) is 18.7 Å². The average molecular weight is 403 g/mol. The van der Waals surface area contributed by atoms with Crippen molar-refractivity contribution in [2.45, 2.75) is 6.42 Å². The van der Waals surface area contributed by atoms with Gasteiger partial charge in [-0.3, -0.25) is 4.79 Å². The maximum atomic E-state index is 12.0. The molecule has 1 amide bonds. The van der Waals surface area contributed by atoms with Gasteiger partial charge in [0, 0.05) is 6.54 Å². The number of hydrogen-bond donors (Lipinski definition) is 2. The molecule has 9 heteroatoms. The zero-order valence-electron chi connectivity index (χ0n) is 15.3. The predicted octanol–water partition coefficient (Wildman–Crippen LogP) is 1.34. The van der Waals surface area contributed by atoms with E-state index in [1.165, 1.54) is 18.3 Å². The second kappa shape index (κ2) is 9.77. The van der Waals surface area contributed by atoms with Gasteiger partial charge in [0.2, 0.25) is 10.0 Å². The molecular weight excluding hydrogens is 382 g/mol. The van der Waals surface area contributed by atoms with Gasteiger partial charge in [0.25, 0.3) is 5.91 Å². The van der Waals surface area contributed by atoms with Gasteiger partial charge in [-0.25, -0.2) is 18.6 Å². The molecule has 0 saturated carbocycles. The number of amides is 1. The number of aromatic carboxylic acids is 1. The van der Waals surface area contributed by atoms with Crippen LogP contribution in [0.3, 0.4) is 0 Å². The summed E-state index contributed by atoms with van der Waals surface area (Å²) < 4.78 is 24.9. The smallest absolute Gasteiger partial charge is 0.335 e. The Morgan fingerprint density at radius 3 is 2.32 bits per heavy atom. The first-order valence-corrected chi connectivity index (χ1v) is 10.2.